The van der Waals surface area contributed by atoms with E-state index < -0.39 is 11.0 Å². The quantitative estimate of drug-likeness (QED) is 0.245. The molecule has 1 aliphatic carbocycles. The van der Waals surface area contributed by atoms with Crippen molar-refractivity contribution in [3.63, 3.8) is 0 Å². The molecule has 4 aromatic rings. The summed E-state index contributed by atoms with van der Waals surface area (Å²) in [4.78, 5) is 33.9. The number of carbonyl (C=O) groups excluding carboxylic acids is 2. The molecule has 2 N–H and O–H groups in total. The minimum atomic E-state index is -0.597. The molecule has 216 valence electrons. The van der Waals surface area contributed by atoms with E-state index in [-0.39, 0.29) is 18.3 Å². The van der Waals surface area contributed by atoms with Crippen molar-refractivity contribution in [3.05, 3.63) is 83.0 Å². The van der Waals surface area contributed by atoms with E-state index in [1.165, 1.54) is 18.4 Å². The topological polar surface area (TPSA) is 112 Å². The van der Waals surface area contributed by atoms with Gasteiger partial charge in [0.25, 0.3) is 0 Å². The molecule has 9 nitrogen and oxygen atoms in total. The number of pyridine rings is 1. The van der Waals surface area contributed by atoms with Crippen LogP contribution in [0.4, 0.5) is 5.13 Å². The molecule has 1 saturated carbocycles. The molecule has 0 bridgehead atoms. The van der Waals surface area contributed by atoms with Crippen molar-refractivity contribution in [2.75, 3.05) is 26.1 Å². The Morgan fingerprint density at radius 1 is 1.05 bits per heavy atom. The summed E-state index contributed by atoms with van der Waals surface area (Å²) in [7, 11) is 3.05. The molecule has 42 heavy (non-hydrogen) atoms. The maximum atomic E-state index is 12.9. The van der Waals surface area contributed by atoms with Crippen LogP contribution in [0.5, 0.6) is 17.2 Å². The number of hydrogen-bond donors (Lipinski definition) is 2. The summed E-state index contributed by atoms with van der Waals surface area (Å²) in [6.45, 7) is 2.77. The zero-order valence-corrected chi connectivity index (χ0v) is 24.5. The van der Waals surface area contributed by atoms with Crippen molar-refractivity contribution in [2.24, 2.45) is 0 Å². The van der Waals surface area contributed by atoms with E-state index in [0.29, 0.717) is 22.4 Å². The molecular formula is C32H32N4O5S. The molecule has 0 saturated heterocycles. The van der Waals surface area contributed by atoms with Gasteiger partial charge in [-0.3, -0.25) is 14.6 Å². The van der Waals surface area contributed by atoms with Crippen molar-refractivity contribution in [3.8, 4) is 28.5 Å². The van der Waals surface area contributed by atoms with E-state index >= 15 is 0 Å². The number of nitrogens with one attached hydrogen (secondary N) is 2. The van der Waals surface area contributed by atoms with Gasteiger partial charge >= 0.3 is 5.97 Å². The minimum absolute atomic E-state index is 0.114. The molecule has 2 aromatic heterocycles. The fraction of sp³-hybridized carbons (Fsp3) is 0.312. The molecule has 2 aliphatic rings. The maximum Gasteiger partial charge on any atom is 0.316 e. The summed E-state index contributed by atoms with van der Waals surface area (Å²) in [5.41, 5.74) is 3.71. The zero-order valence-electron chi connectivity index (χ0n) is 23.7. The predicted molar refractivity (Wildman–Crippen MR) is 160 cm³/mol. The maximum absolute atomic E-state index is 12.9. The van der Waals surface area contributed by atoms with Gasteiger partial charge in [-0.05, 0) is 67.1 Å². The van der Waals surface area contributed by atoms with Crippen LogP contribution in [0.3, 0.4) is 0 Å². The fourth-order valence-corrected chi connectivity index (χ4v) is 6.23. The molecule has 1 amide bonds. The van der Waals surface area contributed by atoms with Gasteiger partial charge < -0.3 is 24.8 Å². The molecule has 0 unspecified atom stereocenters. The number of aromatic nitrogens is 2. The van der Waals surface area contributed by atoms with E-state index in [0.717, 1.165) is 53.8 Å². The van der Waals surface area contributed by atoms with Crippen LogP contribution in [0.2, 0.25) is 0 Å². The number of hydrogen-bond acceptors (Lipinski definition) is 9. The molecule has 2 aromatic carbocycles. The molecule has 6 rings (SSSR count). The first-order chi connectivity index (χ1) is 20.3. The minimum Gasteiger partial charge on any atom is -0.493 e. The van der Waals surface area contributed by atoms with Crippen LogP contribution in [0.25, 0.3) is 11.3 Å². The number of anilines is 1. The summed E-state index contributed by atoms with van der Waals surface area (Å²) < 4.78 is 17.0. The summed E-state index contributed by atoms with van der Waals surface area (Å²) in [5, 5.41) is 8.83. The van der Waals surface area contributed by atoms with Crippen molar-refractivity contribution in [1.82, 2.24) is 15.3 Å². The highest BCUT2D eigenvalue weighted by molar-refractivity contribution is 7.13. The molecular weight excluding hydrogens is 552 g/mol. The molecule has 1 aliphatic heterocycles. The van der Waals surface area contributed by atoms with Gasteiger partial charge in [0.15, 0.2) is 16.6 Å². The molecule has 10 heteroatoms. The van der Waals surface area contributed by atoms with E-state index in [9.17, 15) is 9.59 Å². The van der Waals surface area contributed by atoms with Gasteiger partial charge in [-0.1, -0.05) is 24.3 Å². The lowest BCUT2D eigenvalue weighted by molar-refractivity contribution is -0.143. The van der Waals surface area contributed by atoms with Gasteiger partial charge in [0, 0.05) is 35.6 Å². The third-order valence-electron chi connectivity index (χ3n) is 8.11. The Balaban J connectivity index is 1.20. The van der Waals surface area contributed by atoms with Gasteiger partial charge in [-0.2, -0.15) is 0 Å². The van der Waals surface area contributed by atoms with Crippen LogP contribution in [-0.2, 0) is 31.7 Å². The highest BCUT2D eigenvalue weighted by Gasteiger charge is 2.52. The standard InChI is InChI=1S/C32H32N4O5S/c1-31(18-28(37)36-30-33-14-15-42-30)24-17-27(26(39-2)16-21(24)10-13-35-31)41-23-8-9-25(34-19-23)20-4-6-22(7-5-20)32(11-12-32)29(38)40-3/h4-9,14-17,19,35H,10-13,18H2,1-3H3,(H,33,36,37)/t31-/m1/s1. The first-order valence-corrected chi connectivity index (χ1v) is 14.7. The monoisotopic (exact) mass is 584 g/mol. The fourth-order valence-electron chi connectivity index (χ4n) is 5.69. The van der Waals surface area contributed by atoms with Crippen molar-refractivity contribution in [2.45, 2.75) is 43.6 Å². The number of methoxy groups -OCH3 is 2. The van der Waals surface area contributed by atoms with E-state index in [2.05, 4.69) is 20.6 Å². The highest BCUT2D eigenvalue weighted by Crippen LogP contribution is 2.49. The summed E-state index contributed by atoms with van der Waals surface area (Å²) in [5.74, 6) is 1.43. The average Bonchev–Trinajstić information content (AvgIpc) is 3.66. The molecule has 3 heterocycles. The van der Waals surface area contributed by atoms with Crippen molar-refractivity contribution < 1.29 is 23.8 Å². The van der Waals surface area contributed by atoms with Crippen LogP contribution in [0.1, 0.15) is 42.9 Å². The largest absolute Gasteiger partial charge is 0.493 e. The van der Waals surface area contributed by atoms with E-state index in [1.54, 1.807) is 19.5 Å². The Kier molecular flexibility index (Phi) is 7.42. The second-order valence-corrected chi connectivity index (χ2v) is 11.8. The number of amides is 1. The Labute approximate surface area is 248 Å². The zero-order chi connectivity index (χ0) is 29.3. The summed E-state index contributed by atoms with van der Waals surface area (Å²) >= 11 is 1.39. The third kappa shape index (κ3) is 5.35. The Hall–Kier alpha value is -4.28. The molecule has 1 fully saturated rings. The normalized spacial score (nSPS) is 18.5. The van der Waals surface area contributed by atoms with Crippen molar-refractivity contribution in [1.29, 1.82) is 0 Å². The molecule has 0 spiro atoms. The lowest BCUT2D eigenvalue weighted by atomic mass is 9.81. The number of rotatable bonds is 9. The number of fused-ring (bicyclic) bond motifs is 1. The van der Waals surface area contributed by atoms with E-state index in [1.807, 2.05) is 60.8 Å². The summed E-state index contributed by atoms with van der Waals surface area (Å²) in [6, 6.07) is 15.6. The van der Waals surface area contributed by atoms with E-state index in [4.69, 9.17) is 14.2 Å². The summed E-state index contributed by atoms with van der Waals surface area (Å²) in [6.07, 6.45) is 6.01. The van der Waals surface area contributed by atoms with Gasteiger partial charge in [0.2, 0.25) is 5.91 Å². The van der Waals surface area contributed by atoms with Gasteiger partial charge in [0.05, 0.1) is 31.5 Å². The lowest BCUT2D eigenvalue weighted by Gasteiger charge is -2.37. The number of carbonyl (C=O) groups is 2. The highest BCUT2D eigenvalue weighted by atomic mass is 32.1. The van der Waals surface area contributed by atoms with Gasteiger partial charge in [-0.15, -0.1) is 11.3 Å². The van der Waals surface area contributed by atoms with Gasteiger partial charge in [-0.25, -0.2) is 4.98 Å². The Morgan fingerprint density at radius 2 is 1.86 bits per heavy atom. The Bertz CT molecular complexity index is 1600. The second-order valence-electron chi connectivity index (χ2n) is 10.9. The predicted octanol–water partition coefficient (Wildman–Crippen LogP) is 5.60. The first-order valence-electron chi connectivity index (χ1n) is 13.8. The van der Waals surface area contributed by atoms with Crippen LogP contribution < -0.4 is 20.1 Å². The van der Waals surface area contributed by atoms with Crippen LogP contribution in [0.15, 0.2) is 66.3 Å². The third-order valence-corrected chi connectivity index (χ3v) is 8.80. The number of ether oxygens (including phenoxy) is 3. The van der Waals surface area contributed by atoms with Crippen LogP contribution in [0, 0.1) is 0 Å². The number of benzene rings is 2. The van der Waals surface area contributed by atoms with Gasteiger partial charge in [0.1, 0.15) is 5.75 Å². The number of esters is 1. The van der Waals surface area contributed by atoms with Crippen LogP contribution in [-0.4, -0.2) is 42.6 Å². The number of nitrogens with zero attached hydrogens (tertiary/aromatic N) is 2. The first kappa shape index (κ1) is 27.9. The van der Waals surface area contributed by atoms with Crippen LogP contribution >= 0.6 is 11.3 Å². The average molecular weight is 585 g/mol. The molecule has 1 atom stereocenters. The van der Waals surface area contributed by atoms with Crippen molar-refractivity contribution >= 4 is 28.3 Å². The SMILES string of the molecule is COC(=O)C1(c2ccc(-c3ccc(Oc4cc5c(cc4OC)CCN[C@]5(C)CC(=O)Nc4nccs4)cn3)cc2)CC1. The Morgan fingerprint density at radius 3 is 2.50 bits per heavy atom. The molecule has 0 radical (unpaired) electrons. The smallest absolute Gasteiger partial charge is 0.316 e. The number of thiazole rings is 1. The lowest BCUT2D eigenvalue weighted by Crippen LogP contribution is -2.47. The second kappa shape index (κ2) is 11.2.